The molecule has 2 N–H and O–H groups in total. The van der Waals surface area contributed by atoms with E-state index in [1.54, 1.807) is 24.4 Å². The van der Waals surface area contributed by atoms with Gasteiger partial charge < -0.3 is 5.11 Å². The van der Waals surface area contributed by atoms with E-state index in [0.29, 0.717) is 16.8 Å². The minimum absolute atomic E-state index is 0.0190. The van der Waals surface area contributed by atoms with E-state index in [0.717, 1.165) is 44.6 Å². The average molecular weight is 457 g/mol. The Hall–Kier alpha value is -4.13. The van der Waals surface area contributed by atoms with Gasteiger partial charge in [-0.3, -0.25) is 5.10 Å². The SMILES string of the molecule is Cc1c2nc(-c3ccc(C(=O)O)cc3)c(C(C)C)c(-c3ccc(F)c(F)c3)c2cc2cn[nH]c12. The van der Waals surface area contributed by atoms with Crippen molar-refractivity contribution in [2.24, 2.45) is 0 Å². The van der Waals surface area contributed by atoms with Crippen LogP contribution in [0.4, 0.5) is 8.78 Å². The van der Waals surface area contributed by atoms with E-state index in [9.17, 15) is 18.7 Å². The Morgan fingerprint density at radius 2 is 1.71 bits per heavy atom. The lowest BCUT2D eigenvalue weighted by molar-refractivity contribution is 0.0697. The van der Waals surface area contributed by atoms with E-state index in [2.05, 4.69) is 10.2 Å². The second-order valence-corrected chi connectivity index (χ2v) is 8.65. The number of aromatic amines is 1. The first-order chi connectivity index (χ1) is 16.3. The molecular formula is C27H21F2N3O2. The minimum atomic E-state index is -1.01. The summed E-state index contributed by atoms with van der Waals surface area (Å²) in [6.45, 7) is 5.98. The Morgan fingerprint density at radius 3 is 2.35 bits per heavy atom. The molecule has 0 aliphatic rings. The number of rotatable bonds is 4. The number of nitrogens with one attached hydrogen (secondary N) is 1. The molecule has 0 fully saturated rings. The first kappa shape index (κ1) is 21.7. The summed E-state index contributed by atoms with van der Waals surface area (Å²) in [7, 11) is 0. The number of benzene rings is 3. The van der Waals surface area contributed by atoms with E-state index in [4.69, 9.17) is 4.98 Å². The highest BCUT2D eigenvalue weighted by Crippen LogP contribution is 2.43. The molecule has 5 rings (SSSR count). The lowest BCUT2D eigenvalue weighted by atomic mass is 9.85. The van der Waals surface area contributed by atoms with Gasteiger partial charge in [0.2, 0.25) is 0 Å². The molecule has 0 aliphatic heterocycles. The number of aromatic nitrogens is 3. The van der Waals surface area contributed by atoms with Crippen LogP contribution in [0.2, 0.25) is 0 Å². The van der Waals surface area contributed by atoms with Gasteiger partial charge in [-0.1, -0.05) is 32.0 Å². The molecule has 170 valence electrons. The van der Waals surface area contributed by atoms with Gasteiger partial charge >= 0.3 is 5.97 Å². The quantitative estimate of drug-likeness (QED) is 0.309. The Morgan fingerprint density at radius 1 is 1.00 bits per heavy atom. The number of fused-ring (bicyclic) bond motifs is 2. The molecule has 0 unspecified atom stereocenters. The molecule has 0 bridgehead atoms. The van der Waals surface area contributed by atoms with Crippen LogP contribution in [0.5, 0.6) is 0 Å². The number of hydrogen-bond donors (Lipinski definition) is 2. The number of aryl methyl sites for hydroxylation is 1. The standard InChI is InChI=1S/C27H21F2N3O2/c1-13(2)22-23(17-8-9-20(28)21(29)11-17)19-10-18-12-30-32-24(18)14(3)25(19)31-26(22)15-4-6-16(7-5-15)27(33)34/h4-13H,1-3H3,(H,30,32)(H,33,34). The highest BCUT2D eigenvalue weighted by Gasteiger charge is 2.23. The van der Waals surface area contributed by atoms with Crippen molar-refractivity contribution in [2.45, 2.75) is 26.7 Å². The van der Waals surface area contributed by atoms with Gasteiger partial charge in [0.25, 0.3) is 0 Å². The summed E-state index contributed by atoms with van der Waals surface area (Å²) in [4.78, 5) is 16.4. The molecule has 2 aromatic heterocycles. The molecule has 0 atom stereocenters. The van der Waals surface area contributed by atoms with E-state index >= 15 is 0 Å². The predicted molar refractivity (Wildman–Crippen MR) is 128 cm³/mol. The van der Waals surface area contributed by atoms with Crippen molar-refractivity contribution in [1.82, 2.24) is 15.2 Å². The summed E-state index contributed by atoms with van der Waals surface area (Å²) >= 11 is 0. The molecule has 0 aliphatic carbocycles. The van der Waals surface area contributed by atoms with E-state index in [-0.39, 0.29) is 11.5 Å². The number of carboxylic acid groups (broad SMARTS) is 1. The first-order valence-corrected chi connectivity index (χ1v) is 10.9. The molecule has 0 saturated carbocycles. The molecule has 3 aromatic carbocycles. The van der Waals surface area contributed by atoms with Crippen LogP contribution in [-0.4, -0.2) is 26.3 Å². The van der Waals surface area contributed by atoms with Crippen molar-refractivity contribution in [3.8, 4) is 22.4 Å². The van der Waals surface area contributed by atoms with Crippen molar-refractivity contribution < 1.29 is 18.7 Å². The second kappa shape index (κ2) is 8.02. The number of hydrogen-bond acceptors (Lipinski definition) is 3. The zero-order valence-corrected chi connectivity index (χ0v) is 18.8. The fraction of sp³-hybridized carbons (Fsp3) is 0.148. The van der Waals surface area contributed by atoms with Gasteiger partial charge in [0.1, 0.15) is 0 Å². The second-order valence-electron chi connectivity index (χ2n) is 8.65. The maximum absolute atomic E-state index is 14.4. The third-order valence-electron chi connectivity index (χ3n) is 6.16. The molecule has 34 heavy (non-hydrogen) atoms. The third kappa shape index (κ3) is 3.41. The molecule has 2 heterocycles. The molecule has 0 radical (unpaired) electrons. The van der Waals surface area contributed by atoms with E-state index < -0.39 is 17.6 Å². The lowest BCUT2D eigenvalue weighted by Gasteiger charge is -2.21. The van der Waals surface area contributed by atoms with Crippen molar-refractivity contribution in [1.29, 1.82) is 0 Å². The minimum Gasteiger partial charge on any atom is -0.478 e. The van der Waals surface area contributed by atoms with Crippen LogP contribution in [-0.2, 0) is 0 Å². The summed E-state index contributed by atoms with van der Waals surface area (Å²) in [6, 6.07) is 12.4. The summed E-state index contributed by atoms with van der Waals surface area (Å²) in [5.74, 6) is -2.87. The lowest BCUT2D eigenvalue weighted by Crippen LogP contribution is -2.03. The van der Waals surface area contributed by atoms with Crippen LogP contribution in [0.1, 0.15) is 41.3 Å². The smallest absolute Gasteiger partial charge is 0.335 e. The van der Waals surface area contributed by atoms with Gasteiger partial charge in [0.05, 0.1) is 28.5 Å². The molecule has 5 aromatic rings. The van der Waals surface area contributed by atoms with Gasteiger partial charge in [-0.25, -0.2) is 18.6 Å². The van der Waals surface area contributed by atoms with E-state index in [1.807, 2.05) is 26.8 Å². The summed E-state index contributed by atoms with van der Waals surface area (Å²) in [5, 5.41) is 18.2. The van der Waals surface area contributed by atoms with Crippen LogP contribution in [0.15, 0.2) is 54.7 Å². The topological polar surface area (TPSA) is 78.9 Å². The van der Waals surface area contributed by atoms with Crippen molar-refractivity contribution in [3.05, 3.63) is 83.1 Å². The number of nitrogens with zero attached hydrogens (tertiary/aromatic N) is 2. The Kier molecular flexibility index (Phi) is 5.12. The molecule has 0 spiro atoms. The van der Waals surface area contributed by atoms with Crippen LogP contribution < -0.4 is 0 Å². The molecular weight excluding hydrogens is 436 g/mol. The van der Waals surface area contributed by atoms with Gasteiger partial charge in [-0.15, -0.1) is 0 Å². The number of carbonyl (C=O) groups is 1. The van der Waals surface area contributed by atoms with Gasteiger partial charge in [-0.2, -0.15) is 5.10 Å². The largest absolute Gasteiger partial charge is 0.478 e. The van der Waals surface area contributed by atoms with Crippen molar-refractivity contribution in [2.75, 3.05) is 0 Å². The highest BCUT2D eigenvalue weighted by molar-refractivity contribution is 6.07. The Balaban J connectivity index is 1.94. The summed E-state index contributed by atoms with van der Waals surface area (Å²) in [5.41, 5.74) is 6.19. The van der Waals surface area contributed by atoms with Gasteiger partial charge in [0.15, 0.2) is 11.6 Å². The zero-order valence-electron chi connectivity index (χ0n) is 18.8. The van der Waals surface area contributed by atoms with E-state index in [1.165, 1.54) is 18.2 Å². The number of aromatic carboxylic acids is 1. The molecule has 5 nitrogen and oxygen atoms in total. The molecule has 7 heteroatoms. The Bertz CT molecular complexity index is 1590. The van der Waals surface area contributed by atoms with Crippen LogP contribution in [0.25, 0.3) is 44.2 Å². The fourth-order valence-electron chi connectivity index (χ4n) is 4.54. The van der Waals surface area contributed by atoms with Gasteiger partial charge in [0, 0.05) is 21.9 Å². The van der Waals surface area contributed by atoms with Crippen LogP contribution in [0.3, 0.4) is 0 Å². The maximum atomic E-state index is 14.4. The number of pyridine rings is 1. The number of halogens is 2. The molecule has 0 amide bonds. The monoisotopic (exact) mass is 457 g/mol. The van der Waals surface area contributed by atoms with Crippen molar-refractivity contribution >= 4 is 27.8 Å². The normalized spacial score (nSPS) is 11.6. The average Bonchev–Trinajstić information content (AvgIpc) is 3.29. The third-order valence-corrected chi connectivity index (χ3v) is 6.16. The first-order valence-electron chi connectivity index (χ1n) is 10.9. The predicted octanol–water partition coefficient (Wildman–Crippen LogP) is 6.85. The zero-order chi connectivity index (χ0) is 24.1. The summed E-state index contributed by atoms with van der Waals surface area (Å²) < 4.78 is 28.2. The Labute approximate surface area is 194 Å². The number of H-pyrrole nitrogens is 1. The fourth-order valence-corrected chi connectivity index (χ4v) is 4.54. The maximum Gasteiger partial charge on any atom is 0.335 e. The van der Waals surface area contributed by atoms with Crippen molar-refractivity contribution in [3.63, 3.8) is 0 Å². The van der Waals surface area contributed by atoms with Crippen LogP contribution >= 0.6 is 0 Å². The molecule has 0 saturated heterocycles. The van der Waals surface area contributed by atoms with Gasteiger partial charge in [-0.05, 0) is 59.9 Å². The summed E-state index contributed by atoms with van der Waals surface area (Å²) in [6.07, 6.45) is 1.73. The highest BCUT2D eigenvalue weighted by atomic mass is 19.2. The number of carboxylic acids is 1. The van der Waals surface area contributed by atoms with Crippen LogP contribution in [0, 0.1) is 18.6 Å².